The molecule has 27 heavy (non-hydrogen) atoms. The van der Waals surface area contributed by atoms with Gasteiger partial charge in [-0.1, -0.05) is 6.07 Å². The summed E-state index contributed by atoms with van der Waals surface area (Å²) in [7, 11) is 0. The molecular formula is C20H20N2O3S2. The van der Waals surface area contributed by atoms with Crippen LogP contribution < -0.4 is 5.32 Å². The van der Waals surface area contributed by atoms with Gasteiger partial charge in [-0.15, -0.1) is 23.1 Å². The number of ether oxygens (including phenoxy) is 1. The number of aryl methyl sites for hydroxylation is 1. The van der Waals surface area contributed by atoms with E-state index in [4.69, 9.17) is 4.74 Å². The topological polar surface area (TPSA) is 60.3 Å². The quantitative estimate of drug-likeness (QED) is 0.482. The largest absolute Gasteiger partial charge is 0.452 e. The monoisotopic (exact) mass is 400 g/mol. The zero-order valence-corrected chi connectivity index (χ0v) is 16.9. The first-order chi connectivity index (χ1) is 13.0. The number of aromatic nitrogens is 1. The van der Waals surface area contributed by atoms with Crippen LogP contribution in [0.3, 0.4) is 0 Å². The van der Waals surface area contributed by atoms with Crippen LogP contribution >= 0.6 is 23.1 Å². The SMILES string of the molecule is CSc1cccc(NC(=O)COC(=O)c2c(-n3cccc3)sc(C)c2C)c1. The third-order valence-electron chi connectivity index (χ3n) is 4.10. The fourth-order valence-corrected chi connectivity index (χ4v) is 4.17. The highest BCUT2D eigenvalue weighted by Gasteiger charge is 2.22. The number of thiophene rings is 1. The number of nitrogens with one attached hydrogen (secondary N) is 1. The number of rotatable bonds is 6. The summed E-state index contributed by atoms with van der Waals surface area (Å²) in [5, 5.41) is 3.55. The summed E-state index contributed by atoms with van der Waals surface area (Å²) >= 11 is 3.12. The number of carbonyl (C=O) groups is 2. The molecule has 0 unspecified atom stereocenters. The summed E-state index contributed by atoms with van der Waals surface area (Å²) in [6.45, 7) is 3.53. The third-order valence-corrected chi connectivity index (χ3v) is 6.04. The first kappa shape index (κ1) is 19.3. The van der Waals surface area contributed by atoms with Crippen LogP contribution in [0.1, 0.15) is 20.8 Å². The number of thioether (sulfide) groups is 1. The van der Waals surface area contributed by atoms with Crippen molar-refractivity contribution in [1.82, 2.24) is 4.57 Å². The molecule has 3 rings (SSSR count). The maximum absolute atomic E-state index is 12.6. The van der Waals surface area contributed by atoms with Crippen molar-refractivity contribution in [3.8, 4) is 5.00 Å². The fraction of sp³-hybridized carbons (Fsp3) is 0.200. The van der Waals surface area contributed by atoms with E-state index in [-0.39, 0.29) is 12.5 Å². The second-order valence-electron chi connectivity index (χ2n) is 5.91. The minimum absolute atomic E-state index is 0.332. The van der Waals surface area contributed by atoms with Gasteiger partial charge >= 0.3 is 5.97 Å². The van der Waals surface area contributed by atoms with Crippen LogP contribution in [0.2, 0.25) is 0 Å². The number of carbonyl (C=O) groups excluding carboxylic acids is 2. The number of hydrogen-bond acceptors (Lipinski definition) is 5. The molecule has 7 heteroatoms. The van der Waals surface area contributed by atoms with Gasteiger partial charge in [-0.25, -0.2) is 4.79 Å². The first-order valence-electron chi connectivity index (χ1n) is 8.34. The van der Waals surface area contributed by atoms with Crippen LogP contribution in [-0.2, 0) is 9.53 Å². The van der Waals surface area contributed by atoms with E-state index >= 15 is 0 Å². The molecule has 2 aromatic heterocycles. The highest BCUT2D eigenvalue weighted by atomic mass is 32.2. The number of nitrogens with zero attached hydrogens (tertiary/aromatic N) is 1. The lowest BCUT2D eigenvalue weighted by Crippen LogP contribution is -2.21. The molecule has 0 radical (unpaired) electrons. The van der Waals surface area contributed by atoms with Gasteiger partial charge in [-0.2, -0.15) is 0 Å². The van der Waals surface area contributed by atoms with Crippen LogP contribution in [0.15, 0.2) is 53.7 Å². The maximum atomic E-state index is 12.6. The number of amides is 1. The molecule has 0 atom stereocenters. The molecule has 0 saturated heterocycles. The van der Waals surface area contributed by atoms with E-state index in [0.717, 1.165) is 20.3 Å². The van der Waals surface area contributed by atoms with E-state index in [1.165, 1.54) is 11.3 Å². The van der Waals surface area contributed by atoms with Crippen molar-refractivity contribution in [3.63, 3.8) is 0 Å². The van der Waals surface area contributed by atoms with E-state index in [1.807, 2.05) is 67.4 Å². The van der Waals surface area contributed by atoms with Gasteiger partial charge < -0.3 is 14.6 Å². The molecule has 1 aromatic carbocycles. The van der Waals surface area contributed by atoms with Crippen molar-refractivity contribution in [2.45, 2.75) is 18.7 Å². The summed E-state index contributed by atoms with van der Waals surface area (Å²) in [5.74, 6) is -0.859. The second kappa shape index (κ2) is 8.45. The molecule has 0 aliphatic rings. The van der Waals surface area contributed by atoms with Crippen LogP contribution in [0, 0.1) is 13.8 Å². The molecular weight excluding hydrogens is 380 g/mol. The zero-order valence-electron chi connectivity index (χ0n) is 15.3. The van der Waals surface area contributed by atoms with Gasteiger partial charge in [0.15, 0.2) is 6.61 Å². The van der Waals surface area contributed by atoms with E-state index in [2.05, 4.69) is 5.32 Å². The van der Waals surface area contributed by atoms with Crippen LogP contribution in [0.25, 0.3) is 5.00 Å². The summed E-state index contributed by atoms with van der Waals surface area (Å²) in [5.41, 5.74) is 2.06. The zero-order chi connectivity index (χ0) is 19.4. The molecule has 140 valence electrons. The van der Waals surface area contributed by atoms with E-state index < -0.39 is 5.97 Å². The van der Waals surface area contributed by atoms with Gasteiger partial charge in [0.2, 0.25) is 0 Å². The molecule has 0 bridgehead atoms. The van der Waals surface area contributed by atoms with Gasteiger partial charge in [-0.3, -0.25) is 4.79 Å². The average Bonchev–Trinajstić information content (AvgIpc) is 3.29. The summed E-state index contributed by atoms with van der Waals surface area (Å²) < 4.78 is 7.17. The van der Waals surface area contributed by atoms with Crippen LogP contribution in [-0.4, -0.2) is 29.3 Å². The molecule has 0 aliphatic carbocycles. The summed E-state index contributed by atoms with van der Waals surface area (Å²) in [6, 6.07) is 11.3. The van der Waals surface area contributed by atoms with Crippen LogP contribution in [0.5, 0.6) is 0 Å². The molecule has 0 saturated carbocycles. The molecule has 1 N–H and O–H groups in total. The van der Waals surface area contributed by atoms with Gasteiger partial charge in [-0.05, 0) is 56.0 Å². The Morgan fingerprint density at radius 1 is 1.19 bits per heavy atom. The maximum Gasteiger partial charge on any atom is 0.341 e. The molecule has 3 aromatic rings. The Morgan fingerprint density at radius 3 is 2.63 bits per heavy atom. The Kier molecular flexibility index (Phi) is 6.03. The van der Waals surface area contributed by atoms with E-state index in [0.29, 0.717) is 11.3 Å². The normalized spacial score (nSPS) is 10.6. The van der Waals surface area contributed by atoms with Gasteiger partial charge in [0.05, 0.1) is 5.56 Å². The molecule has 5 nitrogen and oxygen atoms in total. The minimum atomic E-state index is -0.492. The smallest absolute Gasteiger partial charge is 0.341 e. The van der Waals surface area contributed by atoms with Gasteiger partial charge in [0.25, 0.3) is 5.91 Å². The van der Waals surface area contributed by atoms with E-state index in [9.17, 15) is 9.59 Å². The molecule has 2 heterocycles. The van der Waals surface area contributed by atoms with E-state index in [1.54, 1.807) is 17.8 Å². The molecule has 0 spiro atoms. The molecule has 1 amide bonds. The first-order valence-corrected chi connectivity index (χ1v) is 10.4. The fourth-order valence-electron chi connectivity index (χ4n) is 2.60. The lowest BCUT2D eigenvalue weighted by atomic mass is 10.1. The van der Waals surface area contributed by atoms with Crippen LogP contribution in [0.4, 0.5) is 5.69 Å². The Balaban J connectivity index is 1.68. The van der Waals surface area contributed by atoms with Gasteiger partial charge in [0.1, 0.15) is 5.00 Å². The Bertz CT molecular complexity index is 962. The second-order valence-corrected chi connectivity index (χ2v) is 7.99. The minimum Gasteiger partial charge on any atom is -0.452 e. The summed E-state index contributed by atoms with van der Waals surface area (Å²) in [4.78, 5) is 26.9. The Hall–Kier alpha value is -2.51. The lowest BCUT2D eigenvalue weighted by molar-refractivity contribution is -0.119. The highest BCUT2D eigenvalue weighted by molar-refractivity contribution is 7.98. The predicted molar refractivity (Wildman–Crippen MR) is 110 cm³/mol. The van der Waals surface area contributed by atoms with Crippen molar-refractivity contribution in [3.05, 3.63) is 64.8 Å². The molecule has 0 aliphatic heterocycles. The number of anilines is 1. The highest BCUT2D eigenvalue weighted by Crippen LogP contribution is 2.31. The van der Waals surface area contributed by atoms with Crippen molar-refractivity contribution >= 4 is 40.7 Å². The lowest BCUT2D eigenvalue weighted by Gasteiger charge is -2.09. The number of hydrogen-bond donors (Lipinski definition) is 1. The van der Waals surface area contributed by atoms with Gasteiger partial charge in [0, 0.05) is 27.9 Å². The predicted octanol–water partition coefficient (Wildman–Crippen LogP) is 4.67. The Morgan fingerprint density at radius 2 is 1.93 bits per heavy atom. The molecule has 0 fully saturated rings. The number of esters is 1. The van der Waals surface area contributed by atoms with Crippen molar-refractivity contribution < 1.29 is 14.3 Å². The van der Waals surface area contributed by atoms with Crippen molar-refractivity contribution in [1.29, 1.82) is 0 Å². The van der Waals surface area contributed by atoms with Crippen molar-refractivity contribution in [2.24, 2.45) is 0 Å². The summed E-state index contributed by atoms with van der Waals surface area (Å²) in [6.07, 6.45) is 5.73. The Labute approximate surface area is 166 Å². The average molecular weight is 401 g/mol. The third kappa shape index (κ3) is 4.43. The van der Waals surface area contributed by atoms with Crippen molar-refractivity contribution in [2.75, 3.05) is 18.2 Å². The standard InChI is InChI=1S/C20H20N2O3S2/c1-13-14(2)27-19(22-9-4-5-10-22)18(13)20(24)25-12-17(23)21-15-7-6-8-16(11-15)26-3/h4-11H,12H2,1-3H3,(H,21,23). The number of benzene rings is 1.